The Bertz CT molecular complexity index is 1260. The second-order valence-corrected chi connectivity index (χ2v) is 11.0. The number of nitrogens with one attached hydrogen (secondary N) is 1. The first-order chi connectivity index (χ1) is 16.7. The van der Waals surface area contributed by atoms with Crippen LogP contribution in [0, 0.1) is 0 Å². The molecule has 2 unspecified atom stereocenters. The topological polar surface area (TPSA) is 113 Å². The molecule has 2 atom stereocenters. The van der Waals surface area contributed by atoms with Gasteiger partial charge >= 0.3 is 6.09 Å². The van der Waals surface area contributed by atoms with Crippen LogP contribution in [0.25, 0.3) is 11.1 Å². The Morgan fingerprint density at radius 3 is 2.14 bits per heavy atom. The molecule has 0 fully saturated rings. The Balaban J connectivity index is 1.30. The number of carbonyl (C=O) groups excluding carboxylic acids is 1. The van der Waals surface area contributed by atoms with Crippen molar-refractivity contribution in [3.05, 3.63) is 95.1 Å². The molecule has 1 aliphatic carbocycles. The van der Waals surface area contributed by atoms with E-state index in [0.717, 1.165) is 28.5 Å². The number of hydrogen-bond acceptors (Lipinski definition) is 6. The number of benzene rings is 3. The molecule has 0 aliphatic heterocycles. The fourth-order valence-corrected chi connectivity index (χ4v) is 5.40. The maximum Gasteiger partial charge on any atom is 0.407 e. The lowest BCUT2D eigenvalue weighted by Gasteiger charge is -2.21. The maximum atomic E-state index is 12.3. The number of carbonyl (C=O) groups is 1. The monoisotopic (exact) mass is 495 g/mol. The predicted molar refractivity (Wildman–Crippen MR) is 134 cm³/mol. The summed E-state index contributed by atoms with van der Waals surface area (Å²) in [5, 5.41) is 23.6. The molecule has 3 N–H and O–H groups in total. The van der Waals surface area contributed by atoms with Crippen LogP contribution in [-0.2, 0) is 20.3 Å². The second kappa shape index (κ2) is 10.6. The van der Waals surface area contributed by atoms with Gasteiger partial charge in [0.05, 0.1) is 11.9 Å². The molecule has 3 aromatic carbocycles. The second-order valence-electron chi connectivity index (χ2n) is 8.82. The molecule has 7 nitrogen and oxygen atoms in total. The van der Waals surface area contributed by atoms with Gasteiger partial charge in [0.25, 0.3) is 0 Å². The molecule has 184 valence electrons. The van der Waals surface area contributed by atoms with Crippen molar-refractivity contribution in [2.45, 2.75) is 30.3 Å². The summed E-state index contributed by atoms with van der Waals surface area (Å²) in [6, 6.07) is 22.7. The van der Waals surface area contributed by atoms with Gasteiger partial charge in [0.15, 0.2) is 9.84 Å². The maximum absolute atomic E-state index is 12.3. The Labute approximate surface area is 205 Å². The lowest BCUT2D eigenvalue weighted by Crippen LogP contribution is -2.31. The van der Waals surface area contributed by atoms with Crippen LogP contribution in [0.5, 0.6) is 0 Å². The molecule has 0 radical (unpaired) electrons. The van der Waals surface area contributed by atoms with E-state index in [1.54, 1.807) is 24.3 Å². The summed E-state index contributed by atoms with van der Waals surface area (Å²) in [5.41, 5.74) is 5.31. The standard InChI is InChI=1S/C27H29NO6S/c1-35(32,33)17-18-8-2-3-9-19(18)26(30)25(29)14-15-28-27(31)34-16-24-22-12-6-4-10-20(22)21-11-5-7-13-23(21)24/h2-13,24-26,29-30H,14-17H2,1H3,(H,28,31). The van der Waals surface area contributed by atoms with Crippen LogP contribution in [0.4, 0.5) is 4.79 Å². The van der Waals surface area contributed by atoms with E-state index < -0.39 is 28.1 Å². The quantitative estimate of drug-likeness (QED) is 0.418. The zero-order chi connectivity index (χ0) is 25.0. The van der Waals surface area contributed by atoms with E-state index in [1.807, 2.05) is 36.4 Å². The predicted octanol–water partition coefficient (Wildman–Crippen LogP) is 3.55. The summed E-state index contributed by atoms with van der Waals surface area (Å²) in [4.78, 5) is 12.3. The van der Waals surface area contributed by atoms with Crippen LogP contribution in [0.15, 0.2) is 72.8 Å². The van der Waals surface area contributed by atoms with Gasteiger partial charge in [-0.05, 0) is 39.8 Å². The minimum atomic E-state index is -3.30. The third-order valence-corrected chi connectivity index (χ3v) is 7.04. The summed E-state index contributed by atoms with van der Waals surface area (Å²) < 4.78 is 28.8. The fourth-order valence-electron chi connectivity index (χ4n) is 4.57. The average Bonchev–Trinajstić information content (AvgIpc) is 3.15. The Kier molecular flexibility index (Phi) is 7.54. The van der Waals surface area contributed by atoms with Crippen LogP contribution >= 0.6 is 0 Å². The summed E-state index contributed by atoms with van der Waals surface area (Å²) in [6.07, 6.45) is -1.89. The zero-order valence-electron chi connectivity index (χ0n) is 19.4. The van der Waals surface area contributed by atoms with Gasteiger partial charge in [0.2, 0.25) is 0 Å². The lowest BCUT2D eigenvalue weighted by molar-refractivity contribution is 0.0132. The van der Waals surface area contributed by atoms with E-state index in [-0.39, 0.29) is 31.2 Å². The highest BCUT2D eigenvalue weighted by atomic mass is 32.2. The average molecular weight is 496 g/mol. The number of alkyl carbamates (subject to hydrolysis) is 1. The highest BCUT2D eigenvalue weighted by Crippen LogP contribution is 2.44. The minimum absolute atomic E-state index is 0.0492. The van der Waals surface area contributed by atoms with Crippen LogP contribution in [0.3, 0.4) is 0 Å². The summed E-state index contributed by atoms with van der Waals surface area (Å²) in [5.74, 6) is -0.280. The van der Waals surface area contributed by atoms with Crippen molar-refractivity contribution < 1.29 is 28.2 Å². The van der Waals surface area contributed by atoms with Crippen molar-refractivity contribution in [1.29, 1.82) is 0 Å². The molecule has 0 saturated carbocycles. The number of aliphatic hydroxyl groups is 2. The van der Waals surface area contributed by atoms with Gasteiger partial charge in [0.1, 0.15) is 12.7 Å². The molecule has 0 bridgehead atoms. The van der Waals surface area contributed by atoms with Gasteiger partial charge in [-0.25, -0.2) is 13.2 Å². The normalized spacial score (nSPS) is 14.6. The first kappa shape index (κ1) is 24.9. The molecule has 0 heterocycles. The molecule has 0 spiro atoms. The number of amides is 1. The Hall–Kier alpha value is -3.20. The van der Waals surface area contributed by atoms with Gasteiger partial charge in [-0.3, -0.25) is 0 Å². The van der Waals surface area contributed by atoms with E-state index in [9.17, 15) is 23.4 Å². The highest BCUT2D eigenvalue weighted by molar-refractivity contribution is 7.89. The van der Waals surface area contributed by atoms with Crippen molar-refractivity contribution >= 4 is 15.9 Å². The molecular weight excluding hydrogens is 466 g/mol. The van der Waals surface area contributed by atoms with Crippen LogP contribution in [-0.4, -0.2) is 50.2 Å². The summed E-state index contributed by atoms with van der Waals surface area (Å²) >= 11 is 0. The Morgan fingerprint density at radius 2 is 1.51 bits per heavy atom. The van der Waals surface area contributed by atoms with E-state index >= 15 is 0 Å². The number of fused-ring (bicyclic) bond motifs is 3. The van der Waals surface area contributed by atoms with Gasteiger partial charge in [-0.1, -0.05) is 72.8 Å². The molecule has 3 aromatic rings. The molecule has 1 amide bonds. The number of ether oxygens (including phenoxy) is 1. The Morgan fingerprint density at radius 1 is 0.943 bits per heavy atom. The number of aliphatic hydroxyl groups excluding tert-OH is 2. The van der Waals surface area contributed by atoms with Crippen molar-refractivity contribution in [2.75, 3.05) is 19.4 Å². The molecule has 1 aliphatic rings. The van der Waals surface area contributed by atoms with E-state index in [1.165, 1.54) is 0 Å². The third-order valence-electron chi connectivity index (χ3n) is 6.21. The van der Waals surface area contributed by atoms with Crippen LogP contribution in [0.1, 0.15) is 40.7 Å². The smallest absolute Gasteiger partial charge is 0.407 e. The van der Waals surface area contributed by atoms with Crippen molar-refractivity contribution in [3.63, 3.8) is 0 Å². The lowest BCUT2D eigenvalue weighted by atomic mass is 9.98. The van der Waals surface area contributed by atoms with Crippen molar-refractivity contribution in [3.8, 4) is 11.1 Å². The number of rotatable bonds is 9. The van der Waals surface area contributed by atoms with Crippen LogP contribution < -0.4 is 5.32 Å². The zero-order valence-corrected chi connectivity index (χ0v) is 20.2. The molecule has 8 heteroatoms. The van der Waals surface area contributed by atoms with E-state index in [0.29, 0.717) is 11.1 Å². The molecular formula is C27H29NO6S. The van der Waals surface area contributed by atoms with E-state index in [2.05, 4.69) is 17.4 Å². The van der Waals surface area contributed by atoms with E-state index in [4.69, 9.17) is 4.74 Å². The van der Waals surface area contributed by atoms with Gasteiger partial charge in [-0.15, -0.1) is 0 Å². The molecule has 35 heavy (non-hydrogen) atoms. The number of hydrogen-bond donors (Lipinski definition) is 3. The summed E-state index contributed by atoms with van der Waals surface area (Å²) in [6.45, 7) is 0.271. The SMILES string of the molecule is CS(=O)(=O)Cc1ccccc1C(O)C(O)CCNC(=O)OCC1c2ccccc2-c2ccccc21. The highest BCUT2D eigenvalue weighted by Gasteiger charge is 2.29. The van der Waals surface area contributed by atoms with Gasteiger partial charge in [0, 0.05) is 18.7 Å². The summed E-state index contributed by atoms with van der Waals surface area (Å²) in [7, 11) is -3.30. The van der Waals surface area contributed by atoms with Gasteiger partial charge in [-0.2, -0.15) is 0 Å². The minimum Gasteiger partial charge on any atom is -0.449 e. The van der Waals surface area contributed by atoms with Gasteiger partial charge < -0.3 is 20.3 Å². The molecule has 4 rings (SSSR count). The number of sulfone groups is 1. The molecule has 0 saturated heterocycles. The first-order valence-electron chi connectivity index (χ1n) is 11.4. The third kappa shape index (κ3) is 5.90. The molecule has 0 aromatic heterocycles. The van der Waals surface area contributed by atoms with Crippen molar-refractivity contribution in [2.24, 2.45) is 0 Å². The first-order valence-corrected chi connectivity index (χ1v) is 13.5. The van der Waals surface area contributed by atoms with Crippen LogP contribution in [0.2, 0.25) is 0 Å². The fraction of sp³-hybridized carbons (Fsp3) is 0.296. The van der Waals surface area contributed by atoms with Crippen molar-refractivity contribution in [1.82, 2.24) is 5.32 Å². The largest absolute Gasteiger partial charge is 0.449 e.